The minimum atomic E-state index is -0.312. The highest BCUT2D eigenvalue weighted by atomic mass is 35.5. The van der Waals surface area contributed by atoms with E-state index in [1.165, 1.54) is 0 Å². The Morgan fingerprint density at radius 2 is 1.63 bits per heavy atom. The molecule has 1 N–H and O–H groups in total. The predicted octanol–water partition coefficient (Wildman–Crippen LogP) is 4.89. The molecule has 0 saturated heterocycles. The van der Waals surface area contributed by atoms with E-state index in [-0.39, 0.29) is 11.8 Å². The Balaban J connectivity index is 2.47. The van der Waals surface area contributed by atoms with Gasteiger partial charge in [-0.15, -0.1) is 0 Å². The number of hydrogen-bond acceptors (Lipinski definition) is 3. The second-order valence-corrected chi connectivity index (χ2v) is 4.88. The Kier molecular flexibility index (Phi) is 4.56. The molecule has 0 aromatic heterocycles. The highest BCUT2D eigenvalue weighted by Crippen LogP contribution is 2.31. The van der Waals surface area contributed by atoms with Crippen LogP contribution in [-0.4, -0.2) is 10.3 Å². The van der Waals surface area contributed by atoms with Gasteiger partial charge in [0.05, 0.1) is 15.2 Å². The maximum absolute atomic E-state index is 9.31. The van der Waals surface area contributed by atoms with Gasteiger partial charge in [-0.05, 0) is 47.6 Å². The van der Waals surface area contributed by atoms with Crippen molar-refractivity contribution >= 4 is 40.6 Å². The van der Waals surface area contributed by atoms with Crippen LogP contribution in [0.15, 0.2) is 47.5 Å². The average molecular weight is 310 g/mol. The maximum atomic E-state index is 9.31. The largest absolute Gasteiger partial charge is 0.508 e. The summed E-state index contributed by atoms with van der Waals surface area (Å²) in [5.74, 6) is 0.197. The van der Waals surface area contributed by atoms with Crippen LogP contribution in [0.1, 0.15) is 17.2 Å². The Morgan fingerprint density at radius 1 is 1.00 bits per heavy atom. The lowest BCUT2D eigenvalue weighted by atomic mass is 9.99. The molecule has 5 heteroatoms. The summed E-state index contributed by atoms with van der Waals surface area (Å²) in [6.45, 7) is 0. The molecular formula is C14H9Cl2NOS. The summed E-state index contributed by atoms with van der Waals surface area (Å²) >= 11 is 16.6. The van der Waals surface area contributed by atoms with E-state index in [9.17, 15) is 5.11 Å². The van der Waals surface area contributed by atoms with Gasteiger partial charge in [0.15, 0.2) is 0 Å². The predicted molar refractivity (Wildman–Crippen MR) is 81.4 cm³/mol. The molecule has 96 valence electrons. The third kappa shape index (κ3) is 3.34. The van der Waals surface area contributed by atoms with Crippen molar-refractivity contribution in [2.75, 3.05) is 0 Å². The van der Waals surface area contributed by atoms with Crippen LogP contribution in [0, 0.1) is 0 Å². The van der Waals surface area contributed by atoms with Gasteiger partial charge in [0.25, 0.3) is 0 Å². The summed E-state index contributed by atoms with van der Waals surface area (Å²) in [5.41, 5.74) is 1.74. The number of halogens is 2. The van der Waals surface area contributed by atoms with E-state index >= 15 is 0 Å². The first kappa shape index (κ1) is 14.0. The van der Waals surface area contributed by atoms with Crippen LogP contribution < -0.4 is 0 Å². The van der Waals surface area contributed by atoms with Gasteiger partial charge in [-0.3, -0.25) is 0 Å². The summed E-state index contributed by atoms with van der Waals surface area (Å²) in [5, 5.41) is 12.6. The molecule has 1 atom stereocenters. The maximum Gasteiger partial charge on any atom is 0.115 e. The molecule has 0 radical (unpaired) electrons. The number of phenolic OH excluding ortho intramolecular Hbond substituents is 1. The van der Waals surface area contributed by atoms with Crippen molar-refractivity contribution in [2.45, 2.75) is 6.04 Å². The van der Waals surface area contributed by atoms with Gasteiger partial charge in [-0.25, -0.2) is 4.99 Å². The monoisotopic (exact) mass is 309 g/mol. The number of thiocarbonyl (C=S) groups is 1. The number of isothiocyanates is 1. The van der Waals surface area contributed by atoms with Crippen LogP contribution in [0.2, 0.25) is 10.0 Å². The number of benzene rings is 2. The molecule has 2 nitrogen and oxygen atoms in total. The zero-order chi connectivity index (χ0) is 13.8. The molecule has 2 aromatic carbocycles. The first-order valence-electron chi connectivity index (χ1n) is 5.42. The molecule has 0 aliphatic carbocycles. The number of rotatable bonds is 3. The lowest BCUT2D eigenvalue weighted by Crippen LogP contribution is -1.97. The number of phenols is 1. The summed E-state index contributed by atoms with van der Waals surface area (Å²) < 4.78 is 0. The van der Waals surface area contributed by atoms with Gasteiger partial charge in [-0.1, -0.05) is 41.4 Å². The molecule has 0 heterocycles. The third-order valence-electron chi connectivity index (χ3n) is 2.65. The smallest absolute Gasteiger partial charge is 0.115 e. The normalized spacial score (nSPS) is 11.7. The van der Waals surface area contributed by atoms with Gasteiger partial charge < -0.3 is 5.11 Å². The van der Waals surface area contributed by atoms with Gasteiger partial charge in [-0.2, -0.15) is 0 Å². The topological polar surface area (TPSA) is 32.6 Å². The Hall–Kier alpha value is -1.38. The molecule has 0 saturated carbocycles. The van der Waals surface area contributed by atoms with Crippen molar-refractivity contribution in [2.24, 2.45) is 4.99 Å². The molecule has 0 fully saturated rings. The molecule has 0 aliphatic heterocycles. The molecule has 0 spiro atoms. The summed E-state index contributed by atoms with van der Waals surface area (Å²) in [6.07, 6.45) is 0. The van der Waals surface area contributed by atoms with Crippen molar-refractivity contribution in [3.63, 3.8) is 0 Å². The van der Waals surface area contributed by atoms with Crippen LogP contribution in [0.3, 0.4) is 0 Å². The van der Waals surface area contributed by atoms with E-state index in [1.54, 1.807) is 36.4 Å². The molecule has 19 heavy (non-hydrogen) atoms. The van der Waals surface area contributed by atoms with Crippen LogP contribution >= 0.6 is 35.4 Å². The quantitative estimate of drug-likeness (QED) is 0.646. The number of hydrogen-bond donors (Lipinski definition) is 1. The fourth-order valence-electron chi connectivity index (χ4n) is 1.73. The van der Waals surface area contributed by atoms with Crippen LogP contribution in [0.25, 0.3) is 0 Å². The molecule has 0 aliphatic rings. The highest BCUT2D eigenvalue weighted by molar-refractivity contribution is 7.78. The minimum absolute atomic E-state index is 0.197. The van der Waals surface area contributed by atoms with Crippen molar-refractivity contribution in [3.8, 4) is 5.75 Å². The number of aromatic hydroxyl groups is 1. The molecular weight excluding hydrogens is 301 g/mol. The van der Waals surface area contributed by atoms with Crippen molar-refractivity contribution in [1.29, 1.82) is 0 Å². The van der Waals surface area contributed by atoms with Crippen molar-refractivity contribution in [3.05, 3.63) is 63.6 Å². The second-order valence-electron chi connectivity index (χ2n) is 3.89. The fraction of sp³-hybridized carbons (Fsp3) is 0.0714. The standard InChI is InChI=1S/C14H9Cl2NOS/c15-12-6-3-10(7-13(12)16)14(17-8-19)9-1-4-11(18)5-2-9/h1-7,14,18H. The Labute approximate surface area is 126 Å². The van der Waals surface area contributed by atoms with Gasteiger partial charge in [0.1, 0.15) is 11.8 Å². The van der Waals surface area contributed by atoms with E-state index in [0.717, 1.165) is 11.1 Å². The van der Waals surface area contributed by atoms with Crippen LogP contribution in [0.4, 0.5) is 0 Å². The fourth-order valence-corrected chi connectivity index (χ4v) is 2.15. The van der Waals surface area contributed by atoms with E-state index in [4.69, 9.17) is 23.2 Å². The number of nitrogens with zero attached hydrogens (tertiary/aromatic N) is 1. The van der Waals surface area contributed by atoms with E-state index in [2.05, 4.69) is 22.4 Å². The third-order valence-corrected chi connectivity index (χ3v) is 3.49. The zero-order valence-corrected chi connectivity index (χ0v) is 12.0. The summed E-state index contributed by atoms with van der Waals surface area (Å²) in [7, 11) is 0. The minimum Gasteiger partial charge on any atom is -0.508 e. The first-order valence-corrected chi connectivity index (χ1v) is 6.59. The SMILES string of the molecule is Oc1ccc(C(N=C=S)c2ccc(Cl)c(Cl)c2)cc1. The Morgan fingerprint density at radius 3 is 2.21 bits per heavy atom. The zero-order valence-electron chi connectivity index (χ0n) is 9.68. The first-order chi connectivity index (χ1) is 9.11. The van der Waals surface area contributed by atoms with Crippen molar-refractivity contribution in [1.82, 2.24) is 0 Å². The summed E-state index contributed by atoms with van der Waals surface area (Å²) in [6, 6.07) is 11.7. The van der Waals surface area contributed by atoms with Crippen molar-refractivity contribution < 1.29 is 5.11 Å². The second kappa shape index (κ2) is 6.18. The van der Waals surface area contributed by atoms with E-state index in [1.807, 2.05) is 6.07 Å². The van der Waals surface area contributed by atoms with Gasteiger partial charge in [0.2, 0.25) is 0 Å². The molecule has 2 rings (SSSR count). The molecule has 0 amide bonds. The van der Waals surface area contributed by atoms with Gasteiger partial charge >= 0.3 is 0 Å². The van der Waals surface area contributed by atoms with E-state index < -0.39 is 0 Å². The molecule has 2 aromatic rings. The Bertz CT molecular complexity index is 636. The van der Waals surface area contributed by atoms with Crippen LogP contribution in [0.5, 0.6) is 5.75 Å². The van der Waals surface area contributed by atoms with Crippen LogP contribution in [-0.2, 0) is 0 Å². The number of aliphatic imine (C=N–C) groups is 1. The average Bonchev–Trinajstić information content (AvgIpc) is 2.41. The lowest BCUT2D eigenvalue weighted by molar-refractivity contribution is 0.475. The highest BCUT2D eigenvalue weighted by Gasteiger charge is 2.14. The summed E-state index contributed by atoms with van der Waals surface area (Å²) in [4.78, 5) is 4.15. The molecule has 1 unspecified atom stereocenters. The lowest BCUT2D eigenvalue weighted by Gasteiger charge is -2.13. The molecule has 0 bridgehead atoms. The van der Waals surface area contributed by atoms with Gasteiger partial charge in [0, 0.05) is 0 Å². The van der Waals surface area contributed by atoms with E-state index in [0.29, 0.717) is 10.0 Å².